The number of rotatable bonds is 1. The highest BCUT2D eigenvalue weighted by Gasteiger charge is 2.73. The van der Waals surface area contributed by atoms with Gasteiger partial charge in [0.05, 0.1) is 11.7 Å². The minimum Gasteiger partial charge on any atom is -0.326 e. The Hall–Kier alpha value is -2.21. The van der Waals surface area contributed by atoms with Gasteiger partial charge in [-0.05, 0) is 19.9 Å². The average Bonchev–Trinajstić information content (AvgIpc) is 3.05. The fourth-order valence-electron chi connectivity index (χ4n) is 4.47. The van der Waals surface area contributed by atoms with Crippen LogP contribution in [0.25, 0.3) is 0 Å². The number of imide groups is 1. The van der Waals surface area contributed by atoms with E-state index in [0.717, 1.165) is 11.3 Å². The fraction of sp³-hybridized carbons (Fsp3) is 0.438. The van der Waals surface area contributed by atoms with Crippen LogP contribution < -0.4 is 10.6 Å². The average molecular weight is 300 g/mol. The van der Waals surface area contributed by atoms with Crippen molar-refractivity contribution >= 4 is 23.4 Å². The first-order valence-corrected chi connectivity index (χ1v) is 7.64. The molecule has 0 unspecified atom stereocenters. The van der Waals surface area contributed by atoms with Gasteiger partial charge >= 0.3 is 0 Å². The van der Waals surface area contributed by atoms with E-state index >= 15 is 0 Å². The van der Waals surface area contributed by atoms with Crippen LogP contribution in [0.2, 0.25) is 0 Å². The minimum absolute atomic E-state index is 0.102. The number of hydrogen-bond donors (Lipinski definition) is 2. The van der Waals surface area contributed by atoms with Crippen LogP contribution in [-0.4, -0.2) is 35.2 Å². The summed E-state index contributed by atoms with van der Waals surface area (Å²) in [5.41, 5.74) is 0.558. The molecule has 0 aromatic heterocycles. The Morgan fingerprint density at radius 2 is 1.95 bits per heavy atom. The molecule has 2 saturated heterocycles. The maximum atomic E-state index is 12.8. The maximum absolute atomic E-state index is 12.8. The topological polar surface area (TPSA) is 83.1 Å². The number of nitrogens with zero attached hydrogens (tertiary/aromatic N) is 1. The lowest BCUT2D eigenvalue weighted by Gasteiger charge is -2.25. The van der Waals surface area contributed by atoms with Crippen molar-refractivity contribution in [2.24, 2.45) is 11.8 Å². The van der Waals surface area contributed by atoms with E-state index in [1.807, 2.05) is 36.5 Å². The molecule has 4 atom stereocenters. The van der Waals surface area contributed by atoms with Crippen LogP contribution in [0.4, 0.5) is 5.69 Å². The lowest BCUT2D eigenvalue weighted by atomic mass is 9.76. The Morgan fingerprint density at radius 1 is 1.23 bits per heavy atom. The molecule has 2 fully saturated rings. The molecule has 22 heavy (non-hydrogen) atoms. The number of carbonyl (C=O) groups is 3. The zero-order valence-corrected chi connectivity index (χ0v) is 12.5. The first-order chi connectivity index (χ1) is 10.5. The van der Waals surface area contributed by atoms with Gasteiger partial charge in [0.2, 0.25) is 17.4 Å². The molecular formula is C16H18N3O3+. The summed E-state index contributed by atoms with van der Waals surface area (Å²) in [6, 6.07) is 7.34. The first kappa shape index (κ1) is 13.5. The number of hydrogen-bond acceptors (Lipinski definition) is 3. The van der Waals surface area contributed by atoms with Crippen LogP contribution >= 0.6 is 0 Å². The van der Waals surface area contributed by atoms with Crippen LogP contribution in [-0.2, 0) is 19.9 Å². The molecule has 1 aromatic carbocycles. The lowest BCUT2D eigenvalue weighted by molar-refractivity contribution is -0.730. The molecule has 3 heterocycles. The van der Waals surface area contributed by atoms with Crippen LogP contribution in [0, 0.1) is 11.8 Å². The van der Waals surface area contributed by atoms with Gasteiger partial charge in [-0.3, -0.25) is 19.3 Å². The van der Waals surface area contributed by atoms with Gasteiger partial charge in [-0.1, -0.05) is 18.2 Å². The Balaban J connectivity index is 1.92. The number of likely N-dealkylation sites (tertiary alicyclic amines) is 1. The van der Waals surface area contributed by atoms with Gasteiger partial charge in [-0.2, -0.15) is 0 Å². The van der Waals surface area contributed by atoms with Crippen LogP contribution in [0.1, 0.15) is 19.4 Å². The number of amides is 3. The zero-order valence-electron chi connectivity index (χ0n) is 12.5. The van der Waals surface area contributed by atoms with Crippen molar-refractivity contribution < 1.29 is 19.7 Å². The number of anilines is 1. The van der Waals surface area contributed by atoms with Crippen molar-refractivity contribution in [2.45, 2.75) is 25.4 Å². The molecule has 1 aromatic rings. The molecule has 0 bridgehead atoms. The molecule has 6 heteroatoms. The number of para-hydroxylation sites is 1. The van der Waals surface area contributed by atoms with Crippen molar-refractivity contribution in [1.29, 1.82) is 0 Å². The second kappa shape index (κ2) is 4.16. The summed E-state index contributed by atoms with van der Waals surface area (Å²) in [5, 5.41) is 4.79. The number of carbonyl (C=O) groups excluding carboxylic acids is 3. The summed E-state index contributed by atoms with van der Waals surface area (Å²) in [7, 11) is 0. The van der Waals surface area contributed by atoms with E-state index in [1.165, 1.54) is 4.90 Å². The van der Waals surface area contributed by atoms with E-state index in [2.05, 4.69) is 5.32 Å². The van der Waals surface area contributed by atoms with Gasteiger partial charge < -0.3 is 10.6 Å². The van der Waals surface area contributed by atoms with Crippen molar-refractivity contribution in [3.05, 3.63) is 29.8 Å². The molecule has 3 amide bonds. The highest BCUT2D eigenvalue weighted by atomic mass is 16.2. The highest BCUT2D eigenvalue weighted by molar-refractivity contribution is 6.13. The van der Waals surface area contributed by atoms with E-state index in [-0.39, 0.29) is 23.8 Å². The number of nitrogens with one attached hydrogen (secondary N) is 1. The Labute approximate surface area is 127 Å². The van der Waals surface area contributed by atoms with Gasteiger partial charge in [0.1, 0.15) is 11.8 Å². The van der Waals surface area contributed by atoms with Gasteiger partial charge in [-0.15, -0.1) is 0 Å². The molecule has 0 radical (unpaired) electrons. The van der Waals surface area contributed by atoms with Crippen LogP contribution in [0.3, 0.4) is 0 Å². The molecule has 0 aliphatic carbocycles. The second-order valence-corrected chi connectivity index (χ2v) is 6.32. The van der Waals surface area contributed by atoms with E-state index in [9.17, 15) is 14.4 Å². The van der Waals surface area contributed by atoms with E-state index in [4.69, 9.17) is 0 Å². The van der Waals surface area contributed by atoms with E-state index < -0.39 is 17.4 Å². The number of fused-ring (bicyclic) bond motifs is 4. The SMILES string of the molecule is CCN1C(=O)[C@@H]2[C@@H](C1=O)[C@@]1([NH2+][C@@H]2C)C(=O)Nc2ccccc21. The standard InChI is InChI=1S/C16H17N3O3/c1-3-19-13(20)11-8(2)18-16(12(11)14(19)21)9-6-4-5-7-10(9)17-15(16)22/h4-8,11-12,18H,3H2,1-2H3,(H,17,22)/p+1/t8-,11+,12+,16-/m1/s1. The maximum Gasteiger partial charge on any atom is 0.291 e. The van der Waals surface area contributed by atoms with Gasteiger partial charge in [0, 0.05) is 12.1 Å². The Morgan fingerprint density at radius 3 is 2.68 bits per heavy atom. The van der Waals surface area contributed by atoms with Crippen molar-refractivity contribution in [3.8, 4) is 0 Å². The zero-order chi connectivity index (χ0) is 15.6. The lowest BCUT2D eigenvalue weighted by Crippen LogP contribution is -2.98. The molecular weight excluding hydrogens is 282 g/mol. The largest absolute Gasteiger partial charge is 0.326 e. The number of quaternary nitrogens is 1. The van der Waals surface area contributed by atoms with Crippen molar-refractivity contribution in [3.63, 3.8) is 0 Å². The number of nitrogens with two attached hydrogens (primary N) is 1. The highest BCUT2D eigenvalue weighted by Crippen LogP contribution is 2.48. The molecule has 0 saturated carbocycles. The quantitative estimate of drug-likeness (QED) is 0.681. The fourth-order valence-corrected chi connectivity index (χ4v) is 4.47. The summed E-state index contributed by atoms with van der Waals surface area (Å²) < 4.78 is 0. The Kier molecular flexibility index (Phi) is 2.55. The normalized spacial score (nSPS) is 36.0. The summed E-state index contributed by atoms with van der Waals surface area (Å²) in [6.45, 7) is 4.07. The summed E-state index contributed by atoms with van der Waals surface area (Å²) in [6.07, 6.45) is 0. The van der Waals surface area contributed by atoms with Gasteiger partial charge in [0.25, 0.3) is 5.91 Å². The second-order valence-electron chi connectivity index (χ2n) is 6.32. The predicted molar refractivity (Wildman–Crippen MR) is 77.5 cm³/mol. The summed E-state index contributed by atoms with van der Waals surface area (Å²) >= 11 is 0. The Bertz CT molecular complexity index is 716. The molecule has 3 N–H and O–H groups in total. The van der Waals surface area contributed by atoms with Crippen molar-refractivity contribution in [2.75, 3.05) is 11.9 Å². The molecule has 4 rings (SSSR count). The molecule has 6 nitrogen and oxygen atoms in total. The summed E-state index contributed by atoms with van der Waals surface area (Å²) in [5.74, 6) is -1.59. The third-order valence-electron chi connectivity index (χ3n) is 5.34. The first-order valence-electron chi connectivity index (χ1n) is 7.64. The third kappa shape index (κ3) is 1.31. The molecule has 114 valence electrons. The molecule has 1 spiro atoms. The predicted octanol–water partition coefficient (Wildman–Crippen LogP) is -0.579. The van der Waals surface area contributed by atoms with Gasteiger partial charge in [0.15, 0.2) is 0 Å². The summed E-state index contributed by atoms with van der Waals surface area (Å²) in [4.78, 5) is 39.4. The number of benzene rings is 1. The molecule has 3 aliphatic heterocycles. The van der Waals surface area contributed by atoms with Gasteiger partial charge in [-0.25, -0.2) is 0 Å². The third-order valence-corrected chi connectivity index (χ3v) is 5.34. The monoisotopic (exact) mass is 300 g/mol. The van der Waals surface area contributed by atoms with E-state index in [1.54, 1.807) is 6.92 Å². The van der Waals surface area contributed by atoms with Crippen molar-refractivity contribution in [1.82, 2.24) is 4.90 Å². The minimum atomic E-state index is -1.00. The van der Waals surface area contributed by atoms with Crippen LogP contribution in [0.15, 0.2) is 24.3 Å². The van der Waals surface area contributed by atoms with E-state index in [0.29, 0.717) is 6.54 Å². The van der Waals surface area contributed by atoms with Crippen LogP contribution in [0.5, 0.6) is 0 Å². The smallest absolute Gasteiger partial charge is 0.291 e. The molecule has 3 aliphatic rings.